The molecule has 0 amide bonds. The monoisotopic (exact) mass is 176 g/mol. The Hall–Kier alpha value is -0.0200. The van der Waals surface area contributed by atoms with E-state index in [9.17, 15) is 9.90 Å². The van der Waals surface area contributed by atoms with Crippen LogP contribution in [0.15, 0.2) is 0 Å². The molecule has 0 aliphatic carbocycles. The molecule has 11 heavy (non-hydrogen) atoms. The summed E-state index contributed by atoms with van der Waals surface area (Å²) in [5.74, 6) is -0.0839. The Labute approximate surface area is 72.4 Å². The molecule has 0 spiro atoms. The van der Waals surface area contributed by atoms with Gasteiger partial charge in [0.25, 0.3) is 0 Å². The van der Waals surface area contributed by atoms with E-state index in [1.54, 1.807) is 13.8 Å². The van der Waals surface area contributed by atoms with Crippen LogP contribution in [-0.2, 0) is 4.79 Å². The summed E-state index contributed by atoms with van der Waals surface area (Å²) < 4.78 is 0. The highest BCUT2D eigenvalue weighted by Crippen LogP contribution is 2.22. The highest BCUT2D eigenvalue weighted by Gasteiger charge is 2.34. The molecular formula is C8H16O2S. The maximum Gasteiger partial charge on any atom is 0.164 e. The average Bonchev–Trinajstić information content (AvgIpc) is 2.01. The summed E-state index contributed by atoms with van der Waals surface area (Å²) in [6, 6.07) is 0. The van der Waals surface area contributed by atoms with Crippen LogP contribution in [0.25, 0.3) is 0 Å². The van der Waals surface area contributed by atoms with Crippen molar-refractivity contribution in [1.29, 1.82) is 0 Å². The fraction of sp³-hybridized carbons (Fsp3) is 0.875. The molecule has 0 heterocycles. The SMILES string of the molecule is CCC(=O)C(C)(O)C(C)SC. The lowest BCUT2D eigenvalue weighted by Gasteiger charge is -2.26. The molecule has 0 aliphatic rings. The third-order valence-corrected chi connectivity index (χ3v) is 3.20. The van der Waals surface area contributed by atoms with E-state index in [2.05, 4.69) is 0 Å². The van der Waals surface area contributed by atoms with Crippen LogP contribution in [0.5, 0.6) is 0 Å². The number of carbonyl (C=O) groups is 1. The zero-order chi connectivity index (χ0) is 9.07. The van der Waals surface area contributed by atoms with Gasteiger partial charge in [0.05, 0.1) is 0 Å². The first-order valence-corrected chi connectivity index (χ1v) is 5.04. The molecule has 2 nitrogen and oxygen atoms in total. The predicted molar refractivity (Wildman–Crippen MR) is 48.9 cm³/mol. The van der Waals surface area contributed by atoms with Crippen LogP contribution >= 0.6 is 11.8 Å². The van der Waals surface area contributed by atoms with E-state index in [0.717, 1.165) is 0 Å². The summed E-state index contributed by atoms with van der Waals surface area (Å²) in [5, 5.41) is 9.65. The summed E-state index contributed by atoms with van der Waals surface area (Å²) in [7, 11) is 0. The molecule has 2 unspecified atom stereocenters. The van der Waals surface area contributed by atoms with Gasteiger partial charge in [-0.25, -0.2) is 0 Å². The molecule has 0 rings (SSSR count). The van der Waals surface area contributed by atoms with Gasteiger partial charge in [-0.1, -0.05) is 13.8 Å². The molecule has 0 aliphatic heterocycles. The number of hydrogen-bond acceptors (Lipinski definition) is 3. The van der Waals surface area contributed by atoms with Crippen LogP contribution in [-0.4, -0.2) is 28.0 Å². The van der Waals surface area contributed by atoms with E-state index in [-0.39, 0.29) is 11.0 Å². The molecule has 0 aromatic rings. The molecule has 0 saturated heterocycles. The van der Waals surface area contributed by atoms with E-state index in [0.29, 0.717) is 6.42 Å². The van der Waals surface area contributed by atoms with Crippen molar-refractivity contribution in [1.82, 2.24) is 0 Å². The Kier molecular flexibility index (Phi) is 4.11. The first-order chi connectivity index (χ1) is 4.96. The number of thioether (sulfide) groups is 1. The number of aliphatic hydroxyl groups is 1. The molecule has 0 bridgehead atoms. The van der Waals surface area contributed by atoms with Crippen LogP contribution in [0.3, 0.4) is 0 Å². The predicted octanol–water partition coefficient (Wildman–Crippen LogP) is 1.47. The summed E-state index contributed by atoms with van der Waals surface area (Å²) in [6.45, 7) is 5.21. The number of hydrogen-bond donors (Lipinski definition) is 1. The lowest BCUT2D eigenvalue weighted by molar-refractivity contribution is -0.135. The topological polar surface area (TPSA) is 37.3 Å². The van der Waals surface area contributed by atoms with Crippen molar-refractivity contribution in [3.8, 4) is 0 Å². The third kappa shape index (κ3) is 2.49. The van der Waals surface area contributed by atoms with Crippen molar-refractivity contribution in [2.24, 2.45) is 0 Å². The van der Waals surface area contributed by atoms with Crippen molar-refractivity contribution in [3.05, 3.63) is 0 Å². The molecule has 66 valence electrons. The third-order valence-electron chi connectivity index (χ3n) is 2.03. The van der Waals surface area contributed by atoms with Gasteiger partial charge < -0.3 is 5.11 Å². The van der Waals surface area contributed by atoms with Crippen LogP contribution in [0.4, 0.5) is 0 Å². The fourth-order valence-electron chi connectivity index (χ4n) is 0.814. The van der Waals surface area contributed by atoms with Crippen molar-refractivity contribution in [3.63, 3.8) is 0 Å². The Balaban J connectivity index is 4.31. The van der Waals surface area contributed by atoms with Crippen LogP contribution in [0.1, 0.15) is 27.2 Å². The van der Waals surface area contributed by atoms with Gasteiger partial charge in [-0.2, -0.15) is 11.8 Å². The standard InChI is InChI=1S/C8H16O2S/c1-5-7(9)8(3,10)6(2)11-4/h6,10H,5H2,1-4H3. The summed E-state index contributed by atoms with van der Waals surface area (Å²) in [5.41, 5.74) is -1.16. The summed E-state index contributed by atoms with van der Waals surface area (Å²) >= 11 is 1.50. The van der Waals surface area contributed by atoms with E-state index >= 15 is 0 Å². The second-order valence-electron chi connectivity index (χ2n) is 2.80. The molecular weight excluding hydrogens is 160 g/mol. The molecule has 1 N–H and O–H groups in total. The van der Waals surface area contributed by atoms with Crippen LogP contribution in [0.2, 0.25) is 0 Å². The van der Waals surface area contributed by atoms with Gasteiger partial charge in [-0.15, -0.1) is 0 Å². The second kappa shape index (κ2) is 4.12. The zero-order valence-corrected chi connectivity index (χ0v) is 8.36. The highest BCUT2D eigenvalue weighted by molar-refractivity contribution is 7.99. The van der Waals surface area contributed by atoms with Gasteiger partial charge in [-0.05, 0) is 13.2 Å². The minimum atomic E-state index is -1.16. The quantitative estimate of drug-likeness (QED) is 0.704. The van der Waals surface area contributed by atoms with Gasteiger partial charge in [0, 0.05) is 11.7 Å². The lowest BCUT2D eigenvalue weighted by atomic mass is 9.96. The summed E-state index contributed by atoms with van der Waals surface area (Å²) in [4.78, 5) is 11.2. The van der Waals surface area contributed by atoms with Crippen LogP contribution < -0.4 is 0 Å². The molecule has 3 heteroatoms. The molecule has 0 radical (unpaired) electrons. The van der Waals surface area contributed by atoms with Gasteiger partial charge in [0.2, 0.25) is 0 Å². The second-order valence-corrected chi connectivity index (χ2v) is 3.98. The van der Waals surface area contributed by atoms with Gasteiger partial charge >= 0.3 is 0 Å². The smallest absolute Gasteiger partial charge is 0.164 e. The Morgan fingerprint density at radius 1 is 1.73 bits per heavy atom. The molecule has 0 saturated carbocycles. The largest absolute Gasteiger partial charge is 0.381 e. The van der Waals surface area contributed by atoms with Gasteiger partial charge in [-0.3, -0.25) is 4.79 Å². The minimum Gasteiger partial charge on any atom is -0.381 e. The highest BCUT2D eigenvalue weighted by atomic mass is 32.2. The normalized spacial score (nSPS) is 19.0. The Morgan fingerprint density at radius 2 is 2.18 bits per heavy atom. The van der Waals surface area contributed by atoms with Crippen molar-refractivity contribution >= 4 is 17.5 Å². The maximum atomic E-state index is 11.2. The van der Waals surface area contributed by atoms with Gasteiger partial charge in [0.1, 0.15) is 5.60 Å². The van der Waals surface area contributed by atoms with E-state index in [1.165, 1.54) is 11.8 Å². The molecule has 0 fully saturated rings. The minimum absolute atomic E-state index is 0.0325. The first-order valence-electron chi connectivity index (χ1n) is 3.75. The van der Waals surface area contributed by atoms with Crippen molar-refractivity contribution in [2.75, 3.05) is 6.26 Å². The maximum absolute atomic E-state index is 11.2. The Bertz CT molecular complexity index is 143. The molecule has 2 atom stereocenters. The van der Waals surface area contributed by atoms with Crippen molar-refractivity contribution in [2.45, 2.75) is 38.0 Å². The van der Waals surface area contributed by atoms with Gasteiger partial charge in [0.15, 0.2) is 5.78 Å². The van der Waals surface area contributed by atoms with E-state index < -0.39 is 5.60 Å². The number of carbonyl (C=O) groups excluding carboxylic acids is 1. The fourth-order valence-corrected chi connectivity index (χ4v) is 1.40. The van der Waals surface area contributed by atoms with E-state index in [1.807, 2.05) is 13.2 Å². The zero-order valence-electron chi connectivity index (χ0n) is 7.55. The van der Waals surface area contributed by atoms with Crippen molar-refractivity contribution < 1.29 is 9.90 Å². The molecule has 0 aromatic heterocycles. The molecule has 0 aromatic carbocycles. The summed E-state index contributed by atoms with van der Waals surface area (Å²) in [6.07, 6.45) is 2.29. The number of ketones is 1. The van der Waals surface area contributed by atoms with Crippen LogP contribution in [0, 0.1) is 0 Å². The Morgan fingerprint density at radius 3 is 2.45 bits per heavy atom. The number of rotatable bonds is 4. The number of Topliss-reactive ketones (excluding diaryl/α,β-unsaturated/α-hetero) is 1. The lowest BCUT2D eigenvalue weighted by Crippen LogP contribution is -2.43. The average molecular weight is 176 g/mol. The first kappa shape index (κ1) is 11.0. The van der Waals surface area contributed by atoms with E-state index in [4.69, 9.17) is 0 Å².